The van der Waals surface area contributed by atoms with Gasteiger partial charge < -0.3 is 10.4 Å². The van der Waals surface area contributed by atoms with Crippen LogP contribution in [0.3, 0.4) is 0 Å². The van der Waals surface area contributed by atoms with Crippen LogP contribution in [-0.4, -0.2) is 42.8 Å². The van der Waals surface area contributed by atoms with Crippen molar-refractivity contribution in [1.29, 1.82) is 0 Å². The topological polar surface area (TPSA) is 35.5 Å². The molecule has 3 nitrogen and oxygen atoms in total. The lowest BCUT2D eigenvalue weighted by Gasteiger charge is -2.29. The van der Waals surface area contributed by atoms with E-state index in [1.165, 1.54) is 11.1 Å². The number of hydrogen-bond acceptors (Lipinski definition) is 3. The molecule has 1 atom stereocenters. The number of nitrogens with one attached hydrogen (secondary N) is 1. The minimum atomic E-state index is 0.122. The van der Waals surface area contributed by atoms with Crippen molar-refractivity contribution in [3.8, 4) is 0 Å². The highest BCUT2D eigenvalue weighted by Crippen LogP contribution is 2.25. The first-order valence-corrected chi connectivity index (χ1v) is 7.33. The number of nitrogens with zero attached hydrogens (tertiary/aromatic N) is 1. The first-order valence-electron chi connectivity index (χ1n) is 6.54. The van der Waals surface area contributed by atoms with Crippen molar-refractivity contribution >= 4 is 15.9 Å². The fraction of sp³-hybridized carbons (Fsp3) is 0.571. The van der Waals surface area contributed by atoms with Gasteiger partial charge in [-0.25, -0.2) is 0 Å². The van der Waals surface area contributed by atoms with Gasteiger partial charge in [0.25, 0.3) is 0 Å². The van der Waals surface area contributed by atoms with Crippen LogP contribution in [0.5, 0.6) is 0 Å². The zero-order valence-corrected chi connectivity index (χ0v) is 12.4. The number of benzene rings is 1. The van der Waals surface area contributed by atoms with Gasteiger partial charge in [0.2, 0.25) is 0 Å². The molecule has 1 fully saturated rings. The Morgan fingerprint density at radius 2 is 2.22 bits per heavy atom. The molecular formula is C14H21BrN2O. The summed E-state index contributed by atoms with van der Waals surface area (Å²) in [7, 11) is 0. The Balaban J connectivity index is 2.17. The molecule has 0 bridgehead atoms. The van der Waals surface area contributed by atoms with Crippen LogP contribution in [0, 0.1) is 6.92 Å². The van der Waals surface area contributed by atoms with Crippen molar-refractivity contribution in [2.75, 3.05) is 32.8 Å². The Hall–Kier alpha value is -0.420. The van der Waals surface area contributed by atoms with Crippen LogP contribution >= 0.6 is 15.9 Å². The normalized spacial score (nSPS) is 19.5. The van der Waals surface area contributed by atoms with Crippen LogP contribution in [-0.2, 0) is 0 Å². The molecule has 1 saturated heterocycles. The van der Waals surface area contributed by atoms with Crippen LogP contribution < -0.4 is 5.32 Å². The quantitative estimate of drug-likeness (QED) is 0.897. The van der Waals surface area contributed by atoms with Gasteiger partial charge >= 0.3 is 0 Å². The molecule has 0 amide bonds. The fourth-order valence-electron chi connectivity index (χ4n) is 2.49. The Morgan fingerprint density at radius 3 is 2.94 bits per heavy atom. The molecule has 1 aromatic carbocycles. The summed E-state index contributed by atoms with van der Waals surface area (Å²) >= 11 is 3.52. The van der Waals surface area contributed by atoms with Gasteiger partial charge in [0.15, 0.2) is 0 Å². The smallest absolute Gasteiger partial charge is 0.0628 e. The van der Waals surface area contributed by atoms with E-state index in [0.29, 0.717) is 0 Å². The van der Waals surface area contributed by atoms with Crippen LogP contribution in [0.4, 0.5) is 0 Å². The second-order valence-corrected chi connectivity index (χ2v) is 5.70. The Kier molecular flexibility index (Phi) is 5.18. The van der Waals surface area contributed by atoms with E-state index in [1.807, 2.05) is 0 Å². The largest absolute Gasteiger partial charge is 0.394 e. The molecule has 1 aromatic rings. The molecule has 1 aliphatic heterocycles. The van der Waals surface area contributed by atoms with Crippen molar-refractivity contribution in [3.63, 3.8) is 0 Å². The summed E-state index contributed by atoms with van der Waals surface area (Å²) in [5, 5.41) is 13.1. The Bertz CT molecular complexity index is 389. The number of aliphatic hydroxyl groups is 1. The summed E-state index contributed by atoms with van der Waals surface area (Å²) in [4.78, 5) is 2.38. The molecule has 2 N–H and O–H groups in total. The average Bonchev–Trinajstić information content (AvgIpc) is 2.64. The third-order valence-electron chi connectivity index (χ3n) is 3.56. The number of rotatable bonds is 3. The summed E-state index contributed by atoms with van der Waals surface area (Å²) in [5.41, 5.74) is 2.43. The third kappa shape index (κ3) is 3.32. The predicted molar refractivity (Wildman–Crippen MR) is 77.8 cm³/mol. The van der Waals surface area contributed by atoms with Gasteiger partial charge in [0.05, 0.1) is 12.6 Å². The molecule has 0 radical (unpaired) electrons. The molecule has 1 aliphatic rings. The van der Waals surface area contributed by atoms with Gasteiger partial charge in [-0.3, -0.25) is 4.90 Å². The van der Waals surface area contributed by atoms with E-state index in [2.05, 4.69) is 51.3 Å². The number of halogens is 1. The number of hydrogen-bond donors (Lipinski definition) is 2. The van der Waals surface area contributed by atoms with Crippen LogP contribution in [0.1, 0.15) is 23.6 Å². The minimum Gasteiger partial charge on any atom is -0.394 e. The van der Waals surface area contributed by atoms with Crippen LogP contribution in [0.25, 0.3) is 0 Å². The van der Waals surface area contributed by atoms with E-state index in [1.54, 1.807) is 0 Å². The van der Waals surface area contributed by atoms with Gasteiger partial charge in [0.1, 0.15) is 0 Å². The van der Waals surface area contributed by atoms with E-state index in [9.17, 15) is 5.11 Å². The molecule has 18 heavy (non-hydrogen) atoms. The van der Waals surface area contributed by atoms with Crippen molar-refractivity contribution in [2.24, 2.45) is 0 Å². The maximum atomic E-state index is 9.71. The molecule has 1 unspecified atom stereocenters. The van der Waals surface area contributed by atoms with Crippen molar-refractivity contribution in [2.45, 2.75) is 19.4 Å². The van der Waals surface area contributed by atoms with E-state index in [0.717, 1.165) is 37.1 Å². The summed E-state index contributed by atoms with van der Waals surface area (Å²) in [5.74, 6) is 0. The molecule has 0 spiro atoms. The van der Waals surface area contributed by atoms with Crippen molar-refractivity contribution < 1.29 is 5.11 Å². The van der Waals surface area contributed by atoms with E-state index in [4.69, 9.17) is 0 Å². The van der Waals surface area contributed by atoms with Gasteiger partial charge in [-0.05, 0) is 37.1 Å². The number of aliphatic hydroxyl groups excluding tert-OH is 1. The molecular weight excluding hydrogens is 292 g/mol. The van der Waals surface area contributed by atoms with Crippen molar-refractivity contribution in [3.05, 3.63) is 33.8 Å². The molecule has 1 heterocycles. The first kappa shape index (κ1) is 14.0. The predicted octanol–water partition coefficient (Wildman–Crippen LogP) is 2.09. The lowest BCUT2D eigenvalue weighted by Crippen LogP contribution is -2.34. The molecule has 4 heteroatoms. The van der Waals surface area contributed by atoms with Crippen molar-refractivity contribution in [1.82, 2.24) is 10.2 Å². The van der Waals surface area contributed by atoms with E-state index in [-0.39, 0.29) is 12.6 Å². The highest BCUT2D eigenvalue weighted by molar-refractivity contribution is 9.10. The third-order valence-corrected chi connectivity index (χ3v) is 4.44. The van der Waals surface area contributed by atoms with Gasteiger partial charge in [0, 0.05) is 24.1 Å². The molecule has 2 rings (SSSR count). The average molecular weight is 313 g/mol. The molecule has 100 valence electrons. The Morgan fingerprint density at radius 1 is 1.39 bits per heavy atom. The standard InChI is InChI=1S/C14H21BrN2O/c1-11-9-12(3-4-13(11)15)14(10-18)17-7-2-5-16-6-8-17/h3-4,9,14,16,18H,2,5-8,10H2,1H3. The zero-order chi connectivity index (χ0) is 13.0. The van der Waals surface area contributed by atoms with E-state index >= 15 is 0 Å². The summed E-state index contributed by atoms with van der Waals surface area (Å²) in [6.07, 6.45) is 1.14. The minimum absolute atomic E-state index is 0.122. The second-order valence-electron chi connectivity index (χ2n) is 4.85. The zero-order valence-electron chi connectivity index (χ0n) is 10.8. The van der Waals surface area contributed by atoms with Crippen LogP contribution in [0.2, 0.25) is 0 Å². The SMILES string of the molecule is Cc1cc(C(CO)N2CCCNCC2)ccc1Br. The van der Waals surface area contributed by atoms with Gasteiger partial charge in [-0.15, -0.1) is 0 Å². The highest BCUT2D eigenvalue weighted by Gasteiger charge is 2.20. The van der Waals surface area contributed by atoms with Gasteiger partial charge in [-0.2, -0.15) is 0 Å². The highest BCUT2D eigenvalue weighted by atomic mass is 79.9. The second kappa shape index (κ2) is 6.66. The maximum absolute atomic E-state index is 9.71. The lowest BCUT2D eigenvalue weighted by molar-refractivity contribution is 0.130. The first-order chi connectivity index (χ1) is 8.72. The Labute approximate surface area is 117 Å². The lowest BCUT2D eigenvalue weighted by atomic mass is 10.0. The van der Waals surface area contributed by atoms with E-state index < -0.39 is 0 Å². The maximum Gasteiger partial charge on any atom is 0.0628 e. The monoisotopic (exact) mass is 312 g/mol. The van der Waals surface area contributed by atoms with Crippen LogP contribution in [0.15, 0.2) is 22.7 Å². The molecule has 0 saturated carbocycles. The summed E-state index contributed by atoms with van der Waals surface area (Å²) in [6.45, 7) is 6.40. The molecule has 0 aromatic heterocycles. The number of aryl methyl sites for hydroxylation is 1. The summed E-state index contributed by atoms with van der Waals surface area (Å²) < 4.78 is 1.13. The van der Waals surface area contributed by atoms with Gasteiger partial charge in [-0.1, -0.05) is 28.1 Å². The fourth-order valence-corrected chi connectivity index (χ4v) is 2.73. The summed E-state index contributed by atoms with van der Waals surface area (Å²) in [6, 6.07) is 6.47. The molecule has 0 aliphatic carbocycles.